The minimum absolute atomic E-state index is 0.0188. The van der Waals surface area contributed by atoms with Crippen LogP contribution >= 0.6 is 11.6 Å². The number of halogens is 1. The summed E-state index contributed by atoms with van der Waals surface area (Å²) in [5, 5.41) is 10.4. The summed E-state index contributed by atoms with van der Waals surface area (Å²) in [6, 6.07) is 14.2. The van der Waals surface area contributed by atoms with Gasteiger partial charge in [-0.05, 0) is 50.1 Å². The van der Waals surface area contributed by atoms with Gasteiger partial charge in [0.15, 0.2) is 0 Å². The van der Waals surface area contributed by atoms with Crippen LogP contribution in [0.3, 0.4) is 0 Å². The summed E-state index contributed by atoms with van der Waals surface area (Å²) in [6.07, 6.45) is 2.03. The van der Waals surface area contributed by atoms with Crippen molar-refractivity contribution < 1.29 is 9.59 Å². The van der Waals surface area contributed by atoms with Gasteiger partial charge in [-0.25, -0.2) is 9.67 Å². The average molecular weight is 396 g/mol. The molecular formula is C20H18ClN5O2. The Bertz CT molecular complexity index is 1060. The largest absolute Gasteiger partial charge is 0.349 e. The number of hydrogen-bond acceptors (Lipinski definition) is 4. The second kappa shape index (κ2) is 7.44. The first kappa shape index (κ1) is 18.2. The average Bonchev–Trinajstić information content (AvgIpc) is 3.41. The minimum atomic E-state index is -0.464. The Morgan fingerprint density at radius 1 is 1.11 bits per heavy atom. The number of carbonyl (C=O) groups is 2. The molecule has 1 aliphatic rings. The van der Waals surface area contributed by atoms with Gasteiger partial charge in [-0.1, -0.05) is 29.8 Å². The van der Waals surface area contributed by atoms with Crippen LogP contribution < -0.4 is 10.6 Å². The lowest BCUT2D eigenvalue weighted by molar-refractivity contribution is 0.0949. The molecule has 3 aromatic rings. The van der Waals surface area contributed by atoms with Crippen LogP contribution in [-0.2, 0) is 0 Å². The number of para-hydroxylation sites is 1. The first-order chi connectivity index (χ1) is 13.5. The Morgan fingerprint density at radius 2 is 1.89 bits per heavy atom. The second-order valence-electron chi connectivity index (χ2n) is 6.63. The summed E-state index contributed by atoms with van der Waals surface area (Å²) in [4.78, 5) is 29.0. The van der Waals surface area contributed by atoms with Gasteiger partial charge in [0.1, 0.15) is 5.82 Å². The number of aromatic nitrogens is 3. The molecular weight excluding hydrogens is 378 g/mol. The molecule has 28 heavy (non-hydrogen) atoms. The van der Waals surface area contributed by atoms with E-state index in [9.17, 15) is 9.59 Å². The second-order valence-corrected chi connectivity index (χ2v) is 7.04. The van der Waals surface area contributed by atoms with Crippen molar-refractivity contribution in [2.75, 3.05) is 5.32 Å². The third-order valence-corrected chi connectivity index (χ3v) is 4.67. The third-order valence-electron chi connectivity index (χ3n) is 4.35. The number of benzene rings is 2. The zero-order chi connectivity index (χ0) is 19.7. The summed E-state index contributed by atoms with van der Waals surface area (Å²) in [5.74, 6) is -0.0507. The summed E-state index contributed by atoms with van der Waals surface area (Å²) >= 11 is 6.21. The van der Waals surface area contributed by atoms with Crippen molar-refractivity contribution in [3.8, 4) is 5.69 Å². The van der Waals surface area contributed by atoms with Gasteiger partial charge in [-0.15, -0.1) is 5.10 Å². The van der Waals surface area contributed by atoms with E-state index in [0.29, 0.717) is 27.8 Å². The lowest BCUT2D eigenvalue weighted by atomic mass is 10.2. The van der Waals surface area contributed by atoms with E-state index in [2.05, 4.69) is 20.7 Å². The van der Waals surface area contributed by atoms with Crippen LogP contribution in [0.5, 0.6) is 0 Å². The van der Waals surface area contributed by atoms with E-state index in [0.717, 1.165) is 12.8 Å². The van der Waals surface area contributed by atoms with Gasteiger partial charge in [0.2, 0.25) is 5.82 Å². The summed E-state index contributed by atoms with van der Waals surface area (Å²) in [5.41, 5.74) is 1.64. The molecule has 0 spiro atoms. The summed E-state index contributed by atoms with van der Waals surface area (Å²) in [7, 11) is 0. The fraction of sp³-hybridized carbons (Fsp3) is 0.200. The van der Waals surface area contributed by atoms with Crippen molar-refractivity contribution in [2.24, 2.45) is 0 Å². The highest BCUT2D eigenvalue weighted by Crippen LogP contribution is 2.21. The summed E-state index contributed by atoms with van der Waals surface area (Å²) < 4.78 is 1.52. The fourth-order valence-corrected chi connectivity index (χ4v) is 2.98. The first-order valence-corrected chi connectivity index (χ1v) is 9.30. The highest BCUT2D eigenvalue weighted by atomic mass is 35.5. The minimum Gasteiger partial charge on any atom is -0.349 e. The van der Waals surface area contributed by atoms with E-state index in [1.54, 1.807) is 43.3 Å². The standard InChI is InChI=1S/C20H18ClN5O2/c1-12-22-18(25-26(12)17-8-3-2-7-16(17)21)20(28)24-15-6-4-5-13(11-15)19(27)23-14-9-10-14/h2-8,11,14H,9-10H2,1H3,(H,23,27)(H,24,28). The van der Waals surface area contributed by atoms with Gasteiger partial charge in [-0.2, -0.15) is 0 Å². The molecule has 1 heterocycles. The Balaban J connectivity index is 1.52. The van der Waals surface area contributed by atoms with Gasteiger partial charge < -0.3 is 10.6 Å². The molecule has 1 aromatic heterocycles. The molecule has 0 bridgehead atoms. The molecule has 2 amide bonds. The smallest absolute Gasteiger partial charge is 0.295 e. The number of aryl methyl sites for hydroxylation is 1. The van der Waals surface area contributed by atoms with Crippen LogP contribution in [0.15, 0.2) is 48.5 Å². The maximum atomic E-state index is 12.6. The molecule has 0 radical (unpaired) electrons. The predicted octanol–water partition coefficient (Wildman–Crippen LogP) is 3.37. The van der Waals surface area contributed by atoms with Crippen LogP contribution in [0, 0.1) is 6.92 Å². The molecule has 4 rings (SSSR count). The van der Waals surface area contributed by atoms with Crippen LogP contribution in [-0.4, -0.2) is 32.6 Å². The number of anilines is 1. The van der Waals surface area contributed by atoms with Crippen molar-refractivity contribution in [2.45, 2.75) is 25.8 Å². The van der Waals surface area contributed by atoms with E-state index >= 15 is 0 Å². The fourth-order valence-electron chi connectivity index (χ4n) is 2.76. The molecule has 0 aliphatic heterocycles. The maximum Gasteiger partial charge on any atom is 0.295 e. The molecule has 0 unspecified atom stereocenters. The van der Waals surface area contributed by atoms with Gasteiger partial charge in [0.25, 0.3) is 11.8 Å². The van der Waals surface area contributed by atoms with Crippen LogP contribution in [0.4, 0.5) is 5.69 Å². The number of rotatable bonds is 5. The normalized spacial score (nSPS) is 13.2. The molecule has 2 aromatic carbocycles. The van der Waals surface area contributed by atoms with Crippen molar-refractivity contribution in [3.63, 3.8) is 0 Å². The van der Waals surface area contributed by atoms with Crippen molar-refractivity contribution in [3.05, 3.63) is 70.8 Å². The topological polar surface area (TPSA) is 88.9 Å². The monoisotopic (exact) mass is 395 g/mol. The Morgan fingerprint density at radius 3 is 2.64 bits per heavy atom. The van der Waals surface area contributed by atoms with Crippen LogP contribution in [0.25, 0.3) is 5.69 Å². The van der Waals surface area contributed by atoms with Crippen LogP contribution in [0.1, 0.15) is 39.6 Å². The molecule has 1 saturated carbocycles. The SMILES string of the molecule is Cc1nc(C(=O)Nc2cccc(C(=O)NC3CC3)c2)nn1-c1ccccc1Cl. The van der Waals surface area contributed by atoms with Crippen molar-refractivity contribution in [1.29, 1.82) is 0 Å². The van der Waals surface area contributed by atoms with Gasteiger partial charge in [-0.3, -0.25) is 9.59 Å². The van der Waals surface area contributed by atoms with Crippen molar-refractivity contribution in [1.82, 2.24) is 20.1 Å². The molecule has 0 atom stereocenters. The number of amides is 2. The summed E-state index contributed by atoms with van der Waals surface area (Å²) in [6.45, 7) is 1.75. The number of nitrogens with zero attached hydrogens (tertiary/aromatic N) is 3. The Kier molecular flexibility index (Phi) is 4.83. The first-order valence-electron chi connectivity index (χ1n) is 8.92. The lowest BCUT2D eigenvalue weighted by Gasteiger charge is -2.07. The molecule has 1 aliphatic carbocycles. The van der Waals surface area contributed by atoms with E-state index in [4.69, 9.17) is 11.6 Å². The molecule has 8 heteroatoms. The Labute approximate surface area is 166 Å². The van der Waals surface area contributed by atoms with E-state index in [1.165, 1.54) is 4.68 Å². The molecule has 0 saturated heterocycles. The number of carbonyl (C=O) groups excluding carboxylic acids is 2. The molecule has 7 nitrogen and oxygen atoms in total. The highest BCUT2D eigenvalue weighted by molar-refractivity contribution is 6.32. The molecule has 2 N–H and O–H groups in total. The van der Waals surface area contributed by atoms with Crippen molar-refractivity contribution >= 4 is 29.1 Å². The Hall–Kier alpha value is -3.19. The highest BCUT2D eigenvalue weighted by Gasteiger charge is 2.24. The zero-order valence-electron chi connectivity index (χ0n) is 15.1. The van der Waals surface area contributed by atoms with Gasteiger partial charge in [0, 0.05) is 17.3 Å². The number of hydrogen-bond donors (Lipinski definition) is 2. The quantitative estimate of drug-likeness (QED) is 0.693. The van der Waals surface area contributed by atoms with E-state index in [-0.39, 0.29) is 17.8 Å². The number of nitrogens with one attached hydrogen (secondary N) is 2. The van der Waals surface area contributed by atoms with Gasteiger partial charge >= 0.3 is 0 Å². The van der Waals surface area contributed by atoms with E-state index in [1.807, 2.05) is 12.1 Å². The molecule has 1 fully saturated rings. The third kappa shape index (κ3) is 3.89. The van der Waals surface area contributed by atoms with E-state index < -0.39 is 5.91 Å². The maximum absolute atomic E-state index is 12.6. The zero-order valence-corrected chi connectivity index (χ0v) is 15.9. The predicted molar refractivity (Wildman–Crippen MR) is 106 cm³/mol. The lowest BCUT2D eigenvalue weighted by Crippen LogP contribution is -2.25. The molecule has 142 valence electrons. The van der Waals surface area contributed by atoms with Gasteiger partial charge in [0.05, 0.1) is 10.7 Å². The van der Waals surface area contributed by atoms with Crippen LogP contribution in [0.2, 0.25) is 5.02 Å².